The summed E-state index contributed by atoms with van der Waals surface area (Å²) in [4.78, 5) is 17.1. The van der Waals surface area contributed by atoms with Crippen LogP contribution < -0.4 is 5.73 Å². The van der Waals surface area contributed by atoms with E-state index in [1.807, 2.05) is 54.9 Å². The van der Waals surface area contributed by atoms with Crippen LogP contribution in [0.4, 0.5) is 11.4 Å². The molecule has 0 bridgehead atoms. The first-order valence-corrected chi connectivity index (χ1v) is 12.0. The first kappa shape index (κ1) is 22.2. The van der Waals surface area contributed by atoms with E-state index in [4.69, 9.17) is 20.7 Å². The second-order valence-corrected chi connectivity index (χ2v) is 10.1. The molecule has 0 radical (unpaired) electrons. The van der Waals surface area contributed by atoms with Crippen molar-refractivity contribution in [1.29, 1.82) is 0 Å². The maximum absolute atomic E-state index is 6.58. The van der Waals surface area contributed by atoms with Crippen LogP contribution in [0.15, 0.2) is 87.9 Å². The van der Waals surface area contributed by atoms with Crippen molar-refractivity contribution in [3.05, 3.63) is 73.0 Å². The fourth-order valence-electron chi connectivity index (χ4n) is 4.74. The van der Waals surface area contributed by atoms with Crippen LogP contribution in [0, 0.1) is 0 Å². The molecule has 2 aliphatic rings. The number of hydrogen-bond donors (Lipinski definition) is 1. The van der Waals surface area contributed by atoms with Gasteiger partial charge in [0.2, 0.25) is 0 Å². The lowest BCUT2D eigenvalue weighted by molar-refractivity contribution is -0.893. The zero-order chi connectivity index (χ0) is 24.9. The summed E-state index contributed by atoms with van der Waals surface area (Å²) < 4.78 is 4.49. The molecule has 182 valence electrons. The number of aliphatic imine (C=N–C) groups is 3. The van der Waals surface area contributed by atoms with Crippen molar-refractivity contribution in [2.45, 2.75) is 12.5 Å². The third-order valence-corrected chi connectivity index (χ3v) is 6.83. The molecule has 4 aromatic rings. The second-order valence-electron chi connectivity index (χ2n) is 10.1. The Balaban J connectivity index is 1.45. The van der Waals surface area contributed by atoms with E-state index in [9.17, 15) is 0 Å². The van der Waals surface area contributed by atoms with E-state index in [0.717, 1.165) is 52.2 Å². The van der Waals surface area contributed by atoms with Crippen molar-refractivity contribution in [2.75, 3.05) is 34.2 Å². The molecule has 6 heterocycles. The van der Waals surface area contributed by atoms with Gasteiger partial charge in [-0.25, -0.2) is 24.0 Å². The maximum atomic E-state index is 6.58. The molecule has 0 aromatic carbocycles. The Labute approximate surface area is 209 Å². The van der Waals surface area contributed by atoms with Gasteiger partial charge >= 0.3 is 0 Å². The molecule has 10 nitrogen and oxygen atoms in total. The van der Waals surface area contributed by atoms with Crippen LogP contribution in [-0.4, -0.2) is 86.3 Å². The van der Waals surface area contributed by atoms with Gasteiger partial charge in [0.1, 0.15) is 23.1 Å². The number of likely N-dealkylation sites (tertiary alicyclic amines) is 1. The van der Waals surface area contributed by atoms with Gasteiger partial charge in [-0.1, -0.05) is 12.1 Å². The van der Waals surface area contributed by atoms with E-state index in [0.29, 0.717) is 23.3 Å². The molecule has 2 aliphatic heterocycles. The molecule has 36 heavy (non-hydrogen) atoms. The molecule has 0 aliphatic carbocycles. The van der Waals surface area contributed by atoms with Crippen LogP contribution >= 0.6 is 0 Å². The van der Waals surface area contributed by atoms with Gasteiger partial charge in [0.25, 0.3) is 0 Å². The zero-order valence-electron chi connectivity index (χ0n) is 20.7. The van der Waals surface area contributed by atoms with Gasteiger partial charge in [0, 0.05) is 25.4 Å². The third-order valence-electron chi connectivity index (χ3n) is 6.83. The molecule has 0 spiro atoms. The van der Waals surface area contributed by atoms with Crippen LogP contribution in [0.2, 0.25) is 0 Å². The molecule has 10 heteroatoms. The normalized spacial score (nSPS) is 21.1. The van der Waals surface area contributed by atoms with Gasteiger partial charge in [0.05, 0.1) is 56.8 Å². The molecule has 0 saturated carbocycles. The predicted octanol–water partition coefficient (Wildman–Crippen LogP) is 2.82. The number of dihydropyridines is 1. The van der Waals surface area contributed by atoms with Crippen LogP contribution in [0.3, 0.4) is 0 Å². The number of quaternary nitrogens is 1. The lowest BCUT2D eigenvalue weighted by Gasteiger charge is -2.32. The summed E-state index contributed by atoms with van der Waals surface area (Å²) in [5, 5.41) is 8.84. The molecule has 1 fully saturated rings. The number of aromatic nitrogens is 4. The number of amidine groups is 2. The average molecular weight is 482 g/mol. The Morgan fingerprint density at radius 2 is 1.56 bits per heavy atom. The van der Waals surface area contributed by atoms with Gasteiger partial charge in [-0.2, -0.15) is 10.2 Å². The predicted molar refractivity (Wildman–Crippen MR) is 142 cm³/mol. The molecule has 6 rings (SSSR count). The Bertz CT molecular complexity index is 1580. The summed E-state index contributed by atoms with van der Waals surface area (Å²) in [6.07, 6.45) is 10.2. The van der Waals surface area contributed by atoms with Crippen molar-refractivity contribution in [3.63, 3.8) is 0 Å². The fourth-order valence-corrected chi connectivity index (χ4v) is 4.74. The molecule has 2 N–H and O–H groups in total. The van der Waals surface area contributed by atoms with Crippen LogP contribution in [0.5, 0.6) is 0 Å². The summed E-state index contributed by atoms with van der Waals surface area (Å²) in [5.74, 6) is 1.25. The second kappa shape index (κ2) is 8.42. The van der Waals surface area contributed by atoms with Gasteiger partial charge < -0.3 is 15.1 Å². The summed E-state index contributed by atoms with van der Waals surface area (Å²) in [6.45, 7) is 1.79. The smallest absolute Gasteiger partial charge is 0.181 e. The number of fused-ring (bicyclic) bond motifs is 2. The van der Waals surface area contributed by atoms with Crippen LogP contribution in [-0.2, 0) is 0 Å². The minimum absolute atomic E-state index is 0.502. The van der Waals surface area contributed by atoms with Gasteiger partial charge in [-0.05, 0) is 30.3 Å². The minimum Gasteiger partial charge on any atom is -0.396 e. The SMILES string of the molecule is C[N+](C)(C)C1CCN(C2=NC(=Nc3cnn4ccccc34)C(=Nc3cnn4ccccc34)C=C2N)C1. The van der Waals surface area contributed by atoms with Crippen molar-refractivity contribution < 1.29 is 4.48 Å². The maximum Gasteiger partial charge on any atom is 0.181 e. The van der Waals surface area contributed by atoms with Crippen LogP contribution in [0.1, 0.15) is 6.42 Å². The van der Waals surface area contributed by atoms with E-state index < -0.39 is 0 Å². The topological polar surface area (TPSA) is 101 Å². The van der Waals surface area contributed by atoms with Gasteiger partial charge in [-0.3, -0.25) is 0 Å². The number of likely N-dealkylation sites (N-methyl/N-ethyl adjacent to an activating group) is 1. The lowest BCUT2D eigenvalue weighted by atomic mass is 10.2. The zero-order valence-corrected chi connectivity index (χ0v) is 20.7. The standard InChI is InChI=1S/C26H29N10/c1-36(2,3)18-10-13-33(17-18)26-19(27)14-20(30-21-15-28-34-11-6-4-8-23(21)34)25(32-26)31-22-16-29-35-12-7-5-9-24(22)35/h4-9,11-12,14-16,18H,10,13,17,27H2,1-3H3/q+1. The van der Waals surface area contributed by atoms with Crippen molar-refractivity contribution in [1.82, 2.24) is 24.1 Å². The van der Waals surface area contributed by atoms with Crippen LogP contribution in [0.25, 0.3) is 11.0 Å². The Morgan fingerprint density at radius 3 is 2.17 bits per heavy atom. The van der Waals surface area contributed by atoms with E-state index in [1.165, 1.54) is 0 Å². The highest BCUT2D eigenvalue weighted by atomic mass is 15.4. The number of nitrogens with zero attached hydrogens (tertiary/aromatic N) is 9. The Kier molecular flexibility index (Phi) is 5.18. The minimum atomic E-state index is 0.502. The number of nitrogens with two attached hydrogens (primary N) is 1. The van der Waals surface area contributed by atoms with Crippen molar-refractivity contribution in [3.8, 4) is 0 Å². The summed E-state index contributed by atoms with van der Waals surface area (Å²) in [7, 11) is 6.69. The highest BCUT2D eigenvalue weighted by Gasteiger charge is 2.35. The largest absolute Gasteiger partial charge is 0.396 e. The molecule has 4 aromatic heterocycles. The molecule has 1 unspecified atom stereocenters. The lowest BCUT2D eigenvalue weighted by Crippen LogP contribution is -2.47. The quantitative estimate of drug-likeness (QED) is 0.455. The average Bonchev–Trinajstić information content (AvgIpc) is 3.60. The number of hydrogen-bond acceptors (Lipinski definition) is 6. The monoisotopic (exact) mass is 481 g/mol. The molecular weight excluding hydrogens is 452 g/mol. The van der Waals surface area contributed by atoms with Gasteiger partial charge in [0.15, 0.2) is 11.7 Å². The fraction of sp³-hybridized carbons (Fsp3) is 0.269. The third kappa shape index (κ3) is 3.95. The molecule has 0 amide bonds. The van der Waals surface area contributed by atoms with E-state index in [2.05, 4.69) is 36.2 Å². The number of pyridine rings is 2. The first-order valence-electron chi connectivity index (χ1n) is 12.0. The van der Waals surface area contributed by atoms with E-state index in [-0.39, 0.29) is 0 Å². The Morgan fingerprint density at radius 1 is 0.917 bits per heavy atom. The Hall–Kier alpha value is -4.31. The van der Waals surface area contributed by atoms with Crippen molar-refractivity contribution in [2.24, 2.45) is 20.7 Å². The van der Waals surface area contributed by atoms with Gasteiger partial charge in [-0.15, -0.1) is 0 Å². The summed E-state index contributed by atoms with van der Waals surface area (Å²) in [5.41, 5.74) is 11.0. The molecular formula is C26H29N10+. The van der Waals surface area contributed by atoms with Crippen molar-refractivity contribution >= 4 is 39.8 Å². The number of rotatable bonds is 3. The molecule has 1 saturated heterocycles. The first-order chi connectivity index (χ1) is 17.4. The molecule has 1 atom stereocenters. The summed E-state index contributed by atoms with van der Waals surface area (Å²) >= 11 is 0. The summed E-state index contributed by atoms with van der Waals surface area (Å²) in [6, 6.07) is 12.3. The van der Waals surface area contributed by atoms with E-state index in [1.54, 1.807) is 21.4 Å². The highest BCUT2D eigenvalue weighted by Crippen LogP contribution is 2.26. The van der Waals surface area contributed by atoms with E-state index >= 15 is 0 Å². The highest BCUT2D eigenvalue weighted by molar-refractivity contribution is 6.50.